The van der Waals surface area contributed by atoms with Crippen LogP contribution in [0.3, 0.4) is 0 Å². The maximum atomic E-state index is 13.2. The maximum Gasteiger partial charge on any atom is 0.257 e. The molecule has 1 N–H and O–H groups in total. The Morgan fingerprint density at radius 1 is 0.941 bits per heavy atom. The topological polar surface area (TPSA) is 86.8 Å². The molecular weight excluding hydrogens is 474 g/mol. The summed E-state index contributed by atoms with van der Waals surface area (Å²) in [6.07, 6.45) is 4.65. The van der Waals surface area contributed by atoms with Gasteiger partial charge in [-0.3, -0.25) is 9.59 Å². The van der Waals surface area contributed by atoms with E-state index in [0.29, 0.717) is 43.3 Å². The summed E-state index contributed by atoms with van der Waals surface area (Å²) < 4.78 is 27.8. The van der Waals surface area contributed by atoms with Crippen molar-refractivity contribution >= 4 is 39.1 Å². The lowest BCUT2D eigenvalue weighted by Crippen LogP contribution is -2.38. The van der Waals surface area contributed by atoms with Crippen LogP contribution in [-0.4, -0.2) is 55.6 Å². The number of amides is 2. The average molecular weight is 504 g/mol. The zero-order valence-corrected chi connectivity index (χ0v) is 20.9. The summed E-state index contributed by atoms with van der Waals surface area (Å²) in [6, 6.07) is 11.0. The molecule has 2 aromatic carbocycles. The van der Waals surface area contributed by atoms with Crippen molar-refractivity contribution in [3.8, 4) is 0 Å². The fourth-order valence-electron chi connectivity index (χ4n) is 4.45. The van der Waals surface area contributed by atoms with E-state index in [1.54, 1.807) is 29.2 Å². The third-order valence-electron chi connectivity index (χ3n) is 6.61. The number of hydrogen-bond acceptors (Lipinski definition) is 4. The molecule has 182 valence electrons. The third kappa shape index (κ3) is 5.29. The van der Waals surface area contributed by atoms with Crippen molar-refractivity contribution in [2.45, 2.75) is 43.9 Å². The fourth-order valence-corrected chi connectivity index (χ4v) is 6.15. The van der Waals surface area contributed by atoms with Crippen molar-refractivity contribution in [2.75, 3.05) is 31.5 Å². The summed E-state index contributed by atoms with van der Waals surface area (Å²) in [5.41, 5.74) is 0.825. The minimum absolute atomic E-state index is 0.0364. The number of carbonyl (C=O) groups is 2. The van der Waals surface area contributed by atoms with Gasteiger partial charge in [-0.2, -0.15) is 4.31 Å². The van der Waals surface area contributed by atoms with E-state index >= 15 is 0 Å². The Bertz CT molecular complexity index is 1170. The van der Waals surface area contributed by atoms with Gasteiger partial charge >= 0.3 is 0 Å². The number of piperidine rings is 2. The molecule has 7 nitrogen and oxygen atoms in total. The molecule has 2 amide bonds. The average Bonchev–Trinajstić information content (AvgIpc) is 2.85. The quantitative estimate of drug-likeness (QED) is 0.644. The van der Waals surface area contributed by atoms with E-state index in [4.69, 9.17) is 11.6 Å². The molecule has 34 heavy (non-hydrogen) atoms. The lowest BCUT2D eigenvalue weighted by atomic mass is 10.0. The van der Waals surface area contributed by atoms with Crippen molar-refractivity contribution in [2.24, 2.45) is 5.92 Å². The molecule has 0 atom stereocenters. The van der Waals surface area contributed by atoms with Crippen molar-refractivity contribution < 1.29 is 18.0 Å². The van der Waals surface area contributed by atoms with Gasteiger partial charge in [-0.1, -0.05) is 30.7 Å². The summed E-state index contributed by atoms with van der Waals surface area (Å²) in [4.78, 5) is 28.0. The van der Waals surface area contributed by atoms with E-state index in [1.807, 2.05) is 0 Å². The number of rotatable bonds is 5. The minimum atomic E-state index is -3.73. The highest BCUT2D eigenvalue weighted by atomic mass is 35.5. The van der Waals surface area contributed by atoms with Crippen LogP contribution in [0.2, 0.25) is 5.02 Å². The number of para-hydroxylation sites is 1. The largest absolute Gasteiger partial charge is 0.339 e. The van der Waals surface area contributed by atoms with Crippen LogP contribution in [0.4, 0.5) is 5.69 Å². The molecule has 2 aromatic rings. The van der Waals surface area contributed by atoms with Gasteiger partial charge in [-0.05, 0) is 68.4 Å². The third-order valence-corrected chi connectivity index (χ3v) is 8.84. The van der Waals surface area contributed by atoms with Crippen molar-refractivity contribution in [3.63, 3.8) is 0 Å². The van der Waals surface area contributed by atoms with Crippen LogP contribution in [0.15, 0.2) is 47.4 Å². The molecule has 2 heterocycles. The monoisotopic (exact) mass is 503 g/mol. The Balaban J connectivity index is 1.57. The Morgan fingerprint density at radius 3 is 2.32 bits per heavy atom. The molecule has 9 heteroatoms. The molecule has 0 saturated carbocycles. The van der Waals surface area contributed by atoms with E-state index in [1.165, 1.54) is 22.5 Å². The SMILES string of the molecule is CC1CCN(S(=O)(=O)c2ccc(Cl)c(C(=O)Nc3ccccc3C(=O)N3CCCCC3)c2)CC1. The van der Waals surface area contributed by atoms with E-state index in [2.05, 4.69) is 12.2 Å². The number of benzene rings is 2. The molecule has 2 aliphatic rings. The first-order chi connectivity index (χ1) is 16.3. The van der Waals surface area contributed by atoms with Gasteiger partial charge in [0.15, 0.2) is 0 Å². The summed E-state index contributed by atoms with van der Waals surface area (Å²) in [5.74, 6) is -0.198. The molecule has 2 aliphatic heterocycles. The van der Waals surface area contributed by atoms with Gasteiger partial charge in [0.2, 0.25) is 10.0 Å². The highest BCUT2D eigenvalue weighted by Gasteiger charge is 2.29. The summed E-state index contributed by atoms with van der Waals surface area (Å²) in [5, 5.41) is 2.91. The Labute approximate surface area is 206 Å². The molecule has 0 radical (unpaired) electrons. The van der Waals surface area contributed by atoms with E-state index in [0.717, 1.165) is 32.1 Å². The smallest absolute Gasteiger partial charge is 0.257 e. The molecule has 0 spiro atoms. The van der Waals surface area contributed by atoms with Gasteiger partial charge in [0.25, 0.3) is 11.8 Å². The fraction of sp³-hybridized carbons (Fsp3) is 0.440. The molecule has 0 bridgehead atoms. The van der Waals surface area contributed by atoms with E-state index < -0.39 is 15.9 Å². The van der Waals surface area contributed by atoms with E-state index in [-0.39, 0.29) is 21.4 Å². The van der Waals surface area contributed by atoms with Gasteiger partial charge in [0.05, 0.1) is 26.7 Å². The first-order valence-electron chi connectivity index (χ1n) is 11.8. The van der Waals surface area contributed by atoms with Gasteiger partial charge < -0.3 is 10.2 Å². The first-order valence-corrected chi connectivity index (χ1v) is 13.6. The molecule has 2 fully saturated rings. The van der Waals surface area contributed by atoms with Crippen LogP contribution in [0.1, 0.15) is 59.7 Å². The highest BCUT2D eigenvalue weighted by molar-refractivity contribution is 7.89. The van der Waals surface area contributed by atoms with Crippen LogP contribution in [0, 0.1) is 5.92 Å². The zero-order chi connectivity index (χ0) is 24.3. The lowest BCUT2D eigenvalue weighted by Gasteiger charge is -2.29. The standard InChI is InChI=1S/C25H30ClN3O4S/c1-18-11-15-29(16-12-18)34(32,33)19-9-10-22(26)21(17-19)24(30)27-23-8-4-3-7-20(23)25(31)28-13-5-2-6-14-28/h3-4,7-10,17-18H,2,5-6,11-16H2,1H3,(H,27,30). The lowest BCUT2D eigenvalue weighted by molar-refractivity contribution is 0.0725. The number of carbonyl (C=O) groups excluding carboxylic acids is 2. The number of nitrogens with one attached hydrogen (secondary N) is 1. The number of likely N-dealkylation sites (tertiary alicyclic amines) is 1. The van der Waals surface area contributed by atoms with Crippen molar-refractivity contribution in [1.29, 1.82) is 0 Å². The Hall–Kier alpha value is -2.42. The predicted octanol–water partition coefficient (Wildman–Crippen LogP) is 4.64. The van der Waals surface area contributed by atoms with E-state index in [9.17, 15) is 18.0 Å². The molecule has 0 aromatic heterocycles. The van der Waals surface area contributed by atoms with Crippen LogP contribution in [0.5, 0.6) is 0 Å². The maximum absolute atomic E-state index is 13.2. The number of hydrogen-bond donors (Lipinski definition) is 1. The van der Waals surface area contributed by atoms with Crippen LogP contribution >= 0.6 is 11.6 Å². The van der Waals surface area contributed by atoms with Crippen LogP contribution in [-0.2, 0) is 10.0 Å². The number of halogens is 1. The van der Waals surface area contributed by atoms with Crippen molar-refractivity contribution in [3.05, 3.63) is 58.6 Å². The summed E-state index contributed by atoms with van der Waals surface area (Å²) >= 11 is 6.29. The minimum Gasteiger partial charge on any atom is -0.339 e. The summed E-state index contributed by atoms with van der Waals surface area (Å²) in [7, 11) is -3.73. The second-order valence-corrected chi connectivity index (χ2v) is 11.4. The molecule has 2 saturated heterocycles. The van der Waals surface area contributed by atoms with Crippen LogP contribution in [0.25, 0.3) is 0 Å². The number of nitrogens with zero attached hydrogens (tertiary/aromatic N) is 2. The van der Waals surface area contributed by atoms with Gasteiger partial charge in [-0.25, -0.2) is 8.42 Å². The summed E-state index contributed by atoms with van der Waals surface area (Å²) in [6.45, 7) is 4.42. The normalized spacial score (nSPS) is 18.0. The zero-order valence-electron chi connectivity index (χ0n) is 19.3. The molecule has 0 aliphatic carbocycles. The van der Waals surface area contributed by atoms with Gasteiger partial charge in [0, 0.05) is 26.2 Å². The highest BCUT2D eigenvalue weighted by Crippen LogP contribution is 2.28. The molecule has 4 rings (SSSR count). The van der Waals surface area contributed by atoms with Crippen LogP contribution < -0.4 is 5.32 Å². The number of sulfonamides is 1. The van der Waals surface area contributed by atoms with Gasteiger partial charge in [0.1, 0.15) is 0 Å². The van der Waals surface area contributed by atoms with Gasteiger partial charge in [-0.15, -0.1) is 0 Å². The second kappa shape index (κ2) is 10.5. The van der Waals surface area contributed by atoms with Crippen molar-refractivity contribution in [1.82, 2.24) is 9.21 Å². The molecule has 0 unspecified atom stereocenters. The molecular formula is C25H30ClN3O4S. The Morgan fingerprint density at radius 2 is 1.62 bits per heavy atom. The predicted molar refractivity (Wildman–Crippen MR) is 133 cm³/mol. The second-order valence-electron chi connectivity index (χ2n) is 9.08. The first kappa shape index (κ1) is 24.7. The number of anilines is 1. The Kier molecular flexibility index (Phi) is 7.60.